The van der Waals surface area contributed by atoms with Gasteiger partial charge in [0.05, 0.1) is 12.1 Å². The van der Waals surface area contributed by atoms with Crippen LogP contribution in [0.2, 0.25) is 0 Å². The smallest absolute Gasteiger partial charge is 0.305 e. The predicted molar refractivity (Wildman–Crippen MR) is 66.0 cm³/mol. The summed E-state index contributed by atoms with van der Waals surface area (Å²) in [7, 11) is 0. The number of pyridine rings is 1. The molecule has 2 aromatic rings. The number of carboxylic acids is 1. The van der Waals surface area contributed by atoms with Crippen LogP contribution in [0.4, 0.5) is 5.95 Å². The van der Waals surface area contributed by atoms with Crippen molar-refractivity contribution >= 4 is 11.9 Å². The summed E-state index contributed by atoms with van der Waals surface area (Å²) in [6, 6.07) is 5.60. The number of nitrogens with one attached hydrogen (secondary N) is 1. The summed E-state index contributed by atoms with van der Waals surface area (Å²) in [6.07, 6.45) is 5.04. The summed E-state index contributed by atoms with van der Waals surface area (Å²) in [4.78, 5) is 22.7. The lowest BCUT2D eigenvalue weighted by molar-refractivity contribution is -0.136. The largest absolute Gasteiger partial charge is 0.481 e. The number of carboxylic acid groups (broad SMARTS) is 1. The molecule has 2 aromatic heterocycles. The van der Waals surface area contributed by atoms with E-state index >= 15 is 0 Å². The van der Waals surface area contributed by atoms with E-state index in [1.807, 2.05) is 18.2 Å². The number of nitrogens with zero attached hydrogens (tertiary/aromatic N) is 3. The van der Waals surface area contributed by atoms with Gasteiger partial charge in [0.15, 0.2) is 0 Å². The maximum absolute atomic E-state index is 10.3. The van der Waals surface area contributed by atoms with Crippen molar-refractivity contribution in [1.29, 1.82) is 0 Å². The van der Waals surface area contributed by atoms with E-state index in [1.165, 1.54) is 0 Å². The normalized spacial score (nSPS) is 10.0. The minimum Gasteiger partial charge on any atom is -0.481 e. The third-order valence-corrected chi connectivity index (χ3v) is 2.23. The van der Waals surface area contributed by atoms with E-state index in [0.29, 0.717) is 12.5 Å². The van der Waals surface area contributed by atoms with Gasteiger partial charge in [0.1, 0.15) is 0 Å². The molecule has 0 fully saturated rings. The molecule has 0 saturated carbocycles. The molecule has 0 radical (unpaired) electrons. The van der Waals surface area contributed by atoms with Gasteiger partial charge in [-0.1, -0.05) is 6.07 Å². The molecule has 6 heteroatoms. The van der Waals surface area contributed by atoms with Crippen molar-refractivity contribution < 1.29 is 9.90 Å². The first-order chi connectivity index (χ1) is 8.75. The van der Waals surface area contributed by atoms with Crippen LogP contribution in [0.3, 0.4) is 0 Å². The summed E-state index contributed by atoms with van der Waals surface area (Å²) < 4.78 is 0. The molecule has 18 heavy (non-hydrogen) atoms. The van der Waals surface area contributed by atoms with Gasteiger partial charge >= 0.3 is 5.97 Å². The average Bonchev–Trinajstić information content (AvgIpc) is 2.40. The number of aromatic nitrogens is 3. The highest BCUT2D eigenvalue weighted by Gasteiger charge is 2.01. The average molecular weight is 244 g/mol. The van der Waals surface area contributed by atoms with E-state index in [4.69, 9.17) is 5.11 Å². The molecule has 2 rings (SSSR count). The van der Waals surface area contributed by atoms with Crippen molar-refractivity contribution in [3.05, 3.63) is 36.8 Å². The fourth-order valence-corrected chi connectivity index (χ4v) is 1.37. The molecule has 2 heterocycles. The minimum absolute atomic E-state index is 0.0331. The van der Waals surface area contributed by atoms with Gasteiger partial charge in [-0.2, -0.15) is 0 Å². The van der Waals surface area contributed by atoms with Crippen LogP contribution in [0.15, 0.2) is 36.8 Å². The van der Waals surface area contributed by atoms with Gasteiger partial charge in [0, 0.05) is 30.7 Å². The van der Waals surface area contributed by atoms with Gasteiger partial charge in [-0.25, -0.2) is 9.97 Å². The zero-order valence-electron chi connectivity index (χ0n) is 9.58. The molecule has 0 bridgehead atoms. The summed E-state index contributed by atoms with van der Waals surface area (Å²) in [6.45, 7) is 0.304. The van der Waals surface area contributed by atoms with Crippen LogP contribution < -0.4 is 5.32 Å². The number of aliphatic carboxylic acids is 1. The van der Waals surface area contributed by atoms with Crippen molar-refractivity contribution in [3.63, 3.8) is 0 Å². The summed E-state index contributed by atoms with van der Waals surface area (Å²) >= 11 is 0. The highest BCUT2D eigenvalue weighted by atomic mass is 16.4. The molecule has 0 spiro atoms. The molecular weight excluding hydrogens is 232 g/mol. The van der Waals surface area contributed by atoms with Crippen LogP contribution >= 0.6 is 0 Å². The van der Waals surface area contributed by atoms with Gasteiger partial charge in [-0.15, -0.1) is 0 Å². The lowest BCUT2D eigenvalue weighted by atomic mass is 10.2. The zero-order valence-corrected chi connectivity index (χ0v) is 9.58. The Hall–Kier alpha value is -2.50. The lowest BCUT2D eigenvalue weighted by Crippen LogP contribution is -2.09. The molecule has 0 atom stereocenters. The lowest BCUT2D eigenvalue weighted by Gasteiger charge is -2.03. The molecule has 0 saturated heterocycles. The number of hydrogen-bond donors (Lipinski definition) is 2. The second-order valence-corrected chi connectivity index (χ2v) is 3.58. The maximum atomic E-state index is 10.3. The van der Waals surface area contributed by atoms with Crippen LogP contribution in [0.25, 0.3) is 11.3 Å². The first-order valence-corrected chi connectivity index (χ1v) is 5.45. The van der Waals surface area contributed by atoms with Crippen molar-refractivity contribution in [2.24, 2.45) is 0 Å². The standard InChI is InChI=1S/C12H12N4O2/c17-11(18)4-6-14-12-15-7-9(8-16-12)10-3-1-2-5-13-10/h1-3,5,7-8H,4,6H2,(H,17,18)(H,14,15,16). The van der Waals surface area contributed by atoms with Crippen LogP contribution in [0.5, 0.6) is 0 Å². The fourth-order valence-electron chi connectivity index (χ4n) is 1.37. The number of carbonyl (C=O) groups is 1. The molecule has 0 aromatic carbocycles. The van der Waals surface area contributed by atoms with E-state index < -0.39 is 5.97 Å². The molecule has 0 aliphatic rings. The third kappa shape index (κ3) is 3.24. The molecule has 0 unspecified atom stereocenters. The Morgan fingerprint density at radius 2 is 2.00 bits per heavy atom. The topological polar surface area (TPSA) is 88.0 Å². The number of anilines is 1. The second kappa shape index (κ2) is 5.72. The van der Waals surface area contributed by atoms with E-state index in [2.05, 4.69) is 20.3 Å². The quantitative estimate of drug-likeness (QED) is 0.827. The van der Waals surface area contributed by atoms with E-state index in [-0.39, 0.29) is 6.42 Å². The van der Waals surface area contributed by atoms with Crippen LogP contribution in [-0.2, 0) is 4.79 Å². The summed E-state index contributed by atoms with van der Waals surface area (Å²) in [5.74, 6) is -0.441. The SMILES string of the molecule is O=C(O)CCNc1ncc(-c2ccccn2)cn1. The summed E-state index contributed by atoms with van der Waals surface area (Å²) in [5, 5.41) is 11.3. The van der Waals surface area contributed by atoms with Crippen LogP contribution in [0, 0.1) is 0 Å². The number of hydrogen-bond acceptors (Lipinski definition) is 5. The first-order valence-electron chi connectivity index (χ1n) is 5.45. The van der Waals surface area contributed by atoms with E-state index in [0.717, 1.165) is 11.3 Å². The van der Waals surface area contributed by atoms with Gasteiger partial charge in [-0.05, 0) is 12.1 Å². The van der Waals surface area contributed by atoms with Gasteiger partial charge in [0.25, 0.3) is 0 Å². The minimum atomic E-state index is -0.854. The summed E-state index contributed by atoms with van der Waals surface area (Å²) in [5.41, 5.74) is 1.62. The molecule has 92 valence electrons. The van der Waals surface area contributed by atoms with Crippen LogP contribution in [0.1, 0.15) is 6.42 Å². The Morgan fingerprint density at radius 3 is 2.61 bits per heavy atom. The highest BCUT2D eigenvalue weighted by Crippen LogP contribution is 2.14. The Bertz CT molecular complexity index is 513. The Balaban J connectivity index is 2.00. The maximum Gasteiger partial charge on any atom is 0.305 e. The Morgan fingerprint density at radius 1 is 1.22 bits per heavy atom. The Kier molecular flexibility index (Phi) is 3.80. The van der Waals surface area contributed by atoms with E-state index in [9.17, 15) is 4.79 Å². The molecule has 0 amide bonds. The second-order valence-electron chi connectivity index (χ2n) is 3.58. The number of rotatable bonds is 5. The highest BCUT2D eigenvalue weighted by molar-refractivity contribution is 5.67. The van der Waals surface area contributed by atoms with Crippen molar-refractivity contribution in [1.82, 2.24) is 15.0 Å². The van der Waals surface area contributed by atoms with Crippen molar-refractivity contribution in [3.8, 4) is 11.3 Å². The molecule has 0 aliphatic carbocycles. The predicted octanol–water partition coefficient (Wildman–Crippen LogP) is 1.43. The van der Waals surface area contributed by atoms with Gasteiger partial charge in [-0.3, -0.25) is 9.78 Å². The van der Waals surface area contributed by atoms with Gasteiger partial charge < -0.3 is 10.4 Å². The Labute approximate surface area is 104 Å². The third-order valence-electron chi connectivity index (χ3n) is 2.23. The molecular formula is C12H12N4O2. The molecule has 6 nitrogen and oxygen atoms in total. The van der Waals surface area contributed by atoms with Crippen molar-refractivity contribution in [2.75, 3.05) is 11.9 Å². The van der Waals surface area contributed by atoms with Crippen LogP contribution in [-0.4, -0.2) is 32.6 Å². The first kappa shape index (κ1) is 12.0. The van der Waals surface area contributed by atoms with Crippen molar-refractivity contribution in [2.45, 2.75) is 6.42 Å². The van der Waals surface area contributed by atoms with E-state index in [1.54, 1.807) is 18.6 Å². The monoisotopic (exact) mass is 244 g/mol. The molecule has 2 N–H and O–H groups in total. The fraction of sp³-hybridized carbons (Fsp3) is 0.167. The molecule has 0 aliphatic heterocycles. The van der Waals surface area contributed by atoms with Gasteiger partial charge in [0.2, 0.25) is 5.95 Å². The zero-order chi connectivity index (χ0) is 12.8.